The Morgan fingerprint density at radius 1 is 1.19 bits per heavy atom. The Kier molecular flexibility index (Phi) is 5.24. The van der Waals surface area contributed by atoms with Crippen molar-refractivity contribution >= 4 is 22.5 Å². The molecule has 4 aromatic rings. The third-order valence-electron chi connectivity index (χ3n) is 4.58. The summed E-state index contributed by atoms with van der Waals surface area (Å²) >= 11 is 0. The lowest BCUT2D eigenvalue weighted by molar-refractivity contribution is -0.274. The number of benzene rings is 2. The number of ether oxygens (including phenoxy) is 1. The van der Waals surface area contributed by atoms with Crippen LogP contribution in [0.3, 0.4) is 0 Å². The zero-order valence-electron chi connectivity index (χ0n) is 16.5. The number of pyridine rings is 1. The molecule has 0 atom stereocenters. The van der Waals surface area contributed by atoms with Gasteiger partial charge < -0.3 is 10.1 Å². The largest absolute Gasteiger partial charge is 0.573 e. The second kappa shape index (κ2) is 8.03. The summed E-state index contributed by atoms with van der Waals surface area (Å²) in [5.74, 6) is -0.824. The van der Waals surface area contributed by atoms with Crippen LogP contribution in [0.1, 0.15) is 21.6 Å². The number of halogens is 3. The molecule has 0 saturated heterocycles. The van der Waals surface area contributed by atoms with E-state index >= 15 is 0 Å². The van der Waals surface area contributed by atoms with Gasteiger partial charge in [-0.3, -0.25) is 9.89 Å². The van der Waals surface area contributed by atoms with E-state index in [1.54, 1.807) is 37.3 Å². The molecule has 2 aromatic heterocycles. The summed E-state index contributed by atoms with van der Waals surface area (Å²) < 4.78 is 41.6. The number of nitrogens with zero attached hydrogens (tertiary/aromatic N) is 3. The number of aromatic amines is 1. The number of hydrogen-bond acceptors (Lipinski definition) is 5. The van der Waals surface area contributed by atoms with Gasteiger partial charge in [-0.1, -0.05) is 12.1 Å². The number of anilines is 1. The molecule has 0 radical (unpaired) electrons. The fraction of sp³-hybridized carbons (Fsp3) is 0.0909. The minimum absolute atomic E-state index is 0.175. The van der Waals surface area contributed by atoms with Gasteiger partial charge >= 0.3 is 6.36 Å². The molecule has 7 nitrogen and oxygen atoms in total. The molecular formula is C22H14F3N5O2. The number of fused-ring (bicyclic) bond motifs is 1. The summed E-state index contributed by atoms with van der Waals surface area (Å²) in [5.41, 5.74) is 2.95. The molecule has 32 heavy (non-hydrogen) atoms. The first kappa shape index (κ1) is 20.9. The van der Waals surface area contributed by atoms with Gasteiger partial charge in [0.25, 0.3) is 5.91 Å². The Bertz CT molecular complexity index is 1370. The lowest BCUT2D eigenvalue weighted by atomic mass is 10.1. The summed E-state index contributed by atoms with van der Waals surface area (Å²) in [5, 5.41) is 19.3. The predicted octanol–water partition coefficient (Wildman–Crippen LogP) is 4.96. The summed E-state index contributed by atoms with van der Waals surface area (Å²) in [6.07, 6.45) is -3.49. The Hall–Kier alpha value is -4.39. The first-order valence-corrected chi connectivity index (χ1v) is 9.26. The molecular weight excluding hydrogens is 423 g/mol. The number of hydrogen-bond donors (Lipinski definition) is 2. The van der Waals surface area contributed by atoms with Crippen molar-refractivity contribution in [2.75, 3.05) is 5.32 Å². The number of carbonyl (C=O) groups is 1. The fourth-order valence-corrected chi connectivity index (χ4v) is 3.22. The minimum atomic E-state index is -4.80. The van der Waals surface area contributed by atoms with E-state index in [9.17, 15) is 18.0 Å². The van der Waals surface area contributed by atoms with Crippen LogP contribution in [0.5, 0.6) is 5.75 Å². The highest BCUT2D eigenvalue weighted by Crippen LogP contribution is 2.32. The van der Waals surface area contributed by atoms with Crippen LogP contribution in [0.2, 0.25) is 0 Å². The molecule has 0 unspecified atom stereocenters. The molecule has 2 N–H and O–H groups in total. The van der Waals surface area contributed by atoms with Crippen LogP contribution in [0.25, 0.3) is 22.2 Å². The van der Waals surface area contributed by atoms with Crippen molar-refractivity contribution in [3.63, 3.8) is 0 Å². The number of aromatic nitrogens is 3. The zero-order chi connectivity index (χ0) is 22.9. The Morgan fingerprint density at radius 2 is 2.00 bits per heavy atom. The van der Waals surface area contributed by atoms with Crippen LogP contribution < -0.4 is 10.1 Å². The molecule has 0 aliphatic heterocycles. The van der Waals surface area contributed by atoms with Crippen molar-refractivity contribution in [2.24, 2.45) is 0 Å². The van der Waals surface area contributed by atoms with Gasteiger partial charge in [0.15, 0.2) is 0 Å². The van der Waals surface area contributed by atoms with Gasteiger partial charge in [0, 0.05) is 22.8 Å². The summed E-state index contributed by atoms with van der Waals surface area (Å²) in [6, 6.07) is 14.0. The van der Waals surface area contributed by atoms with Crippen LogP contribution in [-0.2, 0) is 0 Å². The van der Waals surface area contributed by atoms with Gasteiger partial charge in [-0.15, -0.1) is 13.2 Å². The smallest absolute Gasteiger partial charge is 0.406 e. The topological polar surface area (TPSA) is 104 Å². The molecule has 0 aliphatic rings. The van der Waals surface area contributed by atoms with Crippen LogP contribution in [0.4, 0.5) is 18.9 Å². The Morgan fingerprint density at radius 3 is 2.72 bits per heavy atom. The third-order valence-corrected chi connectivity index (χ3v) is 4.58. The average molecular weight is 437 g/mol. The number of amides is 1. The second-order valence-electron chi connectivity index (χ2n) is 6.86. The summed E-state index contributed by atoms with van der Waals surface area (Å²) in [6.45, 7) is 1.68. The van der Waals surface area contributed by atoms with Crippen LogP contribution >= 0.6 is 0 Å². The summed E-state index contributed by atoms with van der Waals surface area (Å²) in [7, 11) is 0. The standard InChI is InChI=1S/C22H14F3N5O2/c1-12-7-13(10-26)11-27-19(12)21(31)28-15-5-6-18-17(9-15)20(30-29-18)14-3-2-4-16(8-14)32-22(23,24)25/h2-9,11H,1H3,(H,28,31)(H,29,30). The van der Waals surface area contributed by atoms with Gasteiger partial charge in [-0.25, -0.2) is 4.98 Å². The van der Waals surface area contributed by atoms with E-state index in [1.165, 1.54) is 24.4 Å². The van der Waals surface area contributed by atoms with Gasteiger partial charge in [0.05, 0.1) is 11.1 Å². The zero-order valence-corrected chi connectivity index (χ0v) is 16.5. The van der Waals surface area contributed by atoms with Gasteiger partial charge in [0.1, 0.15) is 23.2 Å². The number of nitrogens with one attached hydrogen (secondary N) is 2. The highest BCUT2D eigenvalue weighted by molar-refractivity contribution is 6.05. The van der Waals surface area contributed by atoms with E-state index in [4.69, 9.17) is 5.26 Å². The van der Waals surface area contributed by atoms with Crippen molar-refractivity contribution < 1.29 is 22.7 Å². The number of alkyl halides is 3. The second-order valence-corrected chi connectivity index (χ2v) is 6.86. The Balaban J connectivity index is 1.65. The quantitative estimate of drug-likeness (QED) is 0.470. The van der Waals surface area contributed by atoms with E-state index in [-0.39, 0.29) is 11.4 Å². The highest BCUT2D eigenvalue weighted by atomic mass is 19.4. The SMILES string of the molecule is Cc1cc(C#N)cnc1C(=O)Nc1ccc2[nH]nc(-c3cccc(OC(F)(F)F)c3)c2c1. The van der Waals surface area contributed by atoms with Crippen LogP contribution in [-0.4, -0.2) is 27.5 Å². The Labute approximate surface area is 179 Å². The number of carbonyl (C=O) groups excluding carboxylic acids is 1. The monoisotopic (exact) mass is 437 g/mol. The average Bonchev–Trinajstić information content (AvgIpc) is 3.15. The first-order valence-electron chi connectivity index (χ1n) is 9.26. The van der Waals surface area contributed by atoms with Gasteiger partial charge in [0.2, 0.25) is 0 Å². The molecule has 160 valence electrons. The van der Waals surface area contributed by atoms with Crippen molar-refractivity contribution in [1.82, 2.24) is 15.2 Å². The van der Waals surface area contributed by atoms with Gasteiger partial charge in [-0.05, 0) is 48.9 Å². The van der Waals surface area contributed by atoms with E-state index in [0.29, 0.717) is 39.0 Å². The van der Waals surface area contributed by atoms with Crippen molar-refractivity contribution in [3.05, 3.63) is 71.5 Å². The minimum Gasteiger partial charge on any atom is -0.406 e. The van der Waals surface area contributed by atoms with E-state index in [2.05, 4.69) is 25.2 Å². The van der Waals surface area contributed by atoms with Crippen molar-refractivity contribution in [1.29, 1.82) is 5.26 Å². The van der Waals surface area contributed by atoms with E-state index in [0.717, 1.165) is 0 Å². The molecule has 0 bridgehead atoms. The lowest BCUT2D eigenvalue weighted by Gasteiger charge is -2.10. The first-order chi connectivity index (χ1) is 15.2. The molecule has 0 saturated carbocycles. The molecule has 1 amide bonds. The molecule has 0 aliphatic carbocycles. The van der Waals surface area contributed by atoms with Gasteiger partial charge in [-0.2, -0.15) is 10.4 Å². The predicted molar refractivity (Wildman–Crippen MR) is 110 cm³/mol. The molecule has 2 aromatic carbocycles. The molecule has 4 rings (SSSR count). The van der Waals surface area contributed by atoms with Crippen molar-refractivity contribution in [3.8, 4) is 23.1 Å². The maximum absolute atomic E-state index is 12.6. The van der Waals surface area contributed by atoms with Crippen LogP contribution in [0.15, 0.2) is 54.7 Å². The molecule has 2 heterocycles. The molecule has 0 spiro atoms. The van der Waals surface area contributed by atoms with E-state index in [1.807, 2.05) is 6.07 Å². The lowest BCUT2D eigenvalue weighted by Crippen LogP contribution is -2.17. The number of nitriles is 1. The number of rotatable bonds is 4. The highest BCUT2D eigenvalue weighted by Gasteiger charge is 2.31. The molecule has 0 fully saturated rings. The molecule has 10 heteroatoms. The summed E-state index contributed by atoms with van der Waals surface area (Å²) in [4.78, 5) is 16.7. The van der Waals surface area contributed by atoms with Crippen molar-refractivity contribution in [2.45, 2.75) is 13.3 Å². The maximum atomic E-state index is 12.6. The number of aryl methyl sites for hydroxylation is 1. The van der Waals surface area contributed by atoms with Crippen LogP contribution in [0, 0.1) is 18.3 Å². The fourth-order valence-electron chi connectivity index (χ4n) is 3.22. The number of H-pyrrole nitrogens is 1. The third kappa shape index (κ3) is 4.37. The van der Waals surface area contributed by atoms with E-state index < -0.39 is 12.3 Å². The maximum Gasteiger partial charge on any atom is 0.573 e. The normalized spacial score (nSPS) is 11.2.